The fraction of sp³-hybridized carbons (Fsp3) is 0.312. The van der Waals surface area contributed by atoms with E-state index in [1.165, 1.54) is 0 Å². The minimum Gasteiger partial charge on any atom is -0.299 e. The maximum absolute atomic E-state index is 11.9. The first kappa shape index (κ1) is 13.1. The normalized spacial score (nSPS) is 14.4. The topological polar surface area (TPSA) is 73.6 Å². The Morgan fingerprint density at radius 1 is 1.32 bits per heavy atom. The molecule has 0 aromatic carbocycles. The van der Waals surface area contributed by atoms with Gasteiger partial charge in [0.15, 0.2) is 0 Å². The van der Waals surface area contributed by atoms with Gasteiger partial charge >= 0.3 is 0 Å². The molecule has 1 saturated carbocycles. The van der Waals surface area contributed by atoms with Crippen molar-refractivity contribution in [2.45, 2.75) is 19.3 Å². The molecule has 1 aliphatic carbocycles. The lowest BCUT2D eigenvalue weighted by molar-refractivity contribution is -0.119. The summed E-state index contributed by atoms with van der Waals surface area (Å²) in [5.74, 6) is 0.549. The molecule has 6 heteroatoms. The first-order valence-electron chi connectivity index (χ1n) is 7.34. The number of ketones is 1. The molecule has 0 saturated heterocycles. The van der Waals surface area contributed by atoms with Crippen molar-refractivity contribution in [1.29, 1.82) is 0 Å². The van der Waals surface area contributed by atoms with Crippen LogP contribution in [0.1, 0.15) is 18.5 Å². The van der Waals surface area contributed by atoms with Crippen molar-refractivity contribution >= 4 is 16.7 Å². The van der Waals surface area contributed by atoms with Crippen molar-refractivity contribution in [3.8, 4) is 11.4 Å². The van der Waals surface area contributed by atoms with Crippen LogP contribution >= 0.6 is 0 Å². The molecule has 0 atom stereocenters. The second-order valence-corrected chi connectivity index (χ2v) is 5.76. The van der Waals surface area contributed by atoms with Crippen LogP contribution < -0.4 is 0 Å². The molecule has 0 amide bonds. The van der Waals surface area contributed by atoms with E-state index in [2.05, 4.69) is 20.3 Å². The van der Waals surface area contributed by atoms with Gasteiger partial charge in [0.25, 0.3) is 0 Å². The summed E-state index contributed by atoms with van der Waals surface area (Å²) in [6.07, 6.45) is 6.06. The molecule has 3 heterocycles. The number of carbonyl (C=O) groups is 1. The van der Waals surface area contributed by atoms with Gasteiger partial charge in [-0.2, -0.15) is 0 Å². The van der Waals surface area contributed by atoms with Gasteiger partial charge in [-0.1, -0.05) is 5.21 Å². The molecule has 1 aliphatic rings. The Hall–Kier alpha value is -2.63. The van der Waals surface area contributed by atoms with Crippen LogP contribution in [-0.2, 0) is 18.3 Å². The molecular formula is C16H15N5O. The van der Waals surface area contributed by atoms with Crippen LogP contribution in [0.5, 0.6) is 0 Å². The van der Waals surface area contributed by atoms with Gasteiger partial charge in [-0.25, -0.2) is 4.98 Å². The second-order valence-electron chi connectivity index (χ2n) is 5.76. The molecule has 0 N–H and O–H groups in total. The van der Waals surface area contributed by atoms with Crippen molar-refractivity contribution in [3.05, 3.63) is 36.3 Å². The summed E-state index contributed by atoms with van der Waals surface area (Å²) in [6, 6.07) is 5.77. The highest BCUT2D eigenvalue weighted by molar-refractivity contribution is 5.86. The van der Waals surface area contributed by atoms with Gasteiger partial charge in [0, 0.05) is 36.7 Å². The number of hydrogen-bond donors (Lipinski definition) is 0. The van der Waals surface area contributed by atoms with Crippen molar-refractivity contribution in [2.24, 2.45) is 13.0 Å². The largest absolute Gasteiger partial charge is 0.299 e. The van der Waals surface area contributed by atoms with E-state index in [4.69, 9.17) is 0 Å². The van der Waals surface area contributed by atoms with Gasteiger partial charge in [0.1, 0.15) is 11.5 Å². The molecule has 0 radical (unpaired) electrons. The quantitative estimate of drug-likeness (QED) is 0.735. The molecule has 22 heavy (non-hydrogen) atoms. The van der Waals surface area contributed by atoms with Crippen molar-refractivity contribution in [1.82, 2.24) is 25.0 Å². The zero-order chi connectivity index (χ0) is 15.1. The number of fused-ring (bicyclic) bond motifs is 1. The Morgan fingerprint density at radius 2 is 2.18 bits per heavy atom. The van der Waals surface area contributed by atoms with Crippen molar-refractivity contribution in [2.75, 3.05) is 0 Å². The van der Waals surface area contributed by atoms with Gasteiger partial charge in [0.2, 0.25) is 0 Å². The fourth-order valence-electron chi connectivity index (χ4n) is 2.49. The molecule has 1 fully saturated rings. The number of pyridine rings is 2. The molecule has 4 rings (SSSR count). The van der Waals surface area contributed by atoms with Gasteiger partial charge in [-0.15, -0.1) is 5.10 Å². The molecule has 0 bridgehead atoms. The standard InChI is InChI=1S/C16H15N5O/c1-21-9-15(19-20-21)13-5-4-11-8-17-12(6-14(11)18-13)7-16(22)10-2-3-10/h4-6,8-10H,2-3,7H2,1H3. The van der Waals surface area contributed by atoms with E-state index in [0.717, 1.165) is 40.8 Å². The summed E-state index contributed by atoms with van der Waals surface area (Å²) in [6.45, 7) is 0. The number of hydrogen-bond acceptors (Lipinski definition) is 5. The third-order valence-corrected chi connectivity index (χ3v) is 3.88. The highest BCUT2D eigenvalue weighted by Gasteiger charge is 2.29. The molecule has 0 spiro atoms. The van der Waals surface area contributed by atoms with Gasteiger partial charge < -0.3 is 0 Å². The number of carbonyl (C=O) groups excluding carboxylic acids is 1. The maximum Gasteiger partial charge on any atom is 0.141 e. The summed E-state index contributed by atoms with van der Waals surface area (Å²) in [7, 11) is 1.82. The molecule has 3 aromatic heterocycles. The summed E-state index contributed by atoms with van der Waals surface area (Å²) in [5.41, 5.74) is 3.12. The van der Waals surface area contributed by atoms with Crippen LogP contribution in [0.15, 0.2) is 30.6 Å². The van der Waals surface area contributed by atoms with Crippen LogP contribution in [0, 0.1) is 5.92 Å². The maximum atomic E-state index is 11.9. The Kier molecular flexibility index (Phi) is 2.96. The number of aromatic nitrogens is 5. The lowest BCUT2D eigenvalue weighted by atomic mass is 10.1. The Bertz CT molecular complexity index is 866. The third-order valence-electron chi connectivity index (χ3n) is 3.88. The van der Waals surface area contributed by atoms with Crippen molar-refractivity contribution in [3.63, 3.8) is 0 Å². The number of aryl methyl sites for hydroxylation is 1. The van der Waals surface area contributed by atoms with E-state index in [1.54, 1.807) is 10.9 Å². The molecule has 0 unspecified atom stereocenters. The monoisotopic (exact) mass is 293 g/mol. The van der Waals surface area contributed by atoms with E-state index in [1.807, 2.05) is 31.4 Å². The highest BCUT2D eigenvalue weighted by atomic mass is 16.1. The van der Waals surface area contributed by atoms with Gasteiger partial charge in [-0.05, 0) is 31.0 Å². The van der Waals surface area contributed by atoms with E-state index in [0.29, 0.717) is 6.42 Å². The summed E-state index contributed by atoms with van der Waals surface area (Å²) >= 11 is 0. The summed E-state index contributed by atoms with van der Waals surface area (Å²) < 4.78 is 1.65. The average molecular weight is 293 g/mol. The van der Waals surface area contributed by atoms with Crippen molar-refractivity contribution < 1.29 is 4.79 Å². The van der Waals surface area contributed by atoms with Gasteiger partial charge in [-0.3, -0.25) is 14.5 Å². The number of nitrogens with zero attached hydrogens (tertiary/aromatic N) is 5. The number of Topliss-reactive ketones (excluding diaryl/α,β-unsaturated/α-hetero) is 1. The minimum absolute atomic E-state index is 0.261. The molecule has 0 aliphatic heterocycles. The SMILES string of the molecule is Cn1cc(-c2ccc3cnc(CC(=O)C4CC4)cc3n2)nn1. The molecule has 6 nitrogen and oxygen atoms in total. The van der Waals surface area contributed by atoms with Crippen LogP contribution in [0.4, 0.5) is 0 Å². The Morgan fingerprint density at radius 3 is 2.91 bits per heavy atom. The lowest BCUT2D eigenvalue weighted by Gasteiger charge is -2.03. The first-order valence-corrected chi connectivity index (χ1v) is 7.34. The van der Waals surface area contributed by atoms with Gasteiger partial charge in [0.05, 0.1) is 17.4 Å². The first-order chi connectivity index (χ1) is 10.7. The molecular weight excluding hydrogens is 278 g/mol. The third kappa shape index (κ3) is 2.47. The molecule has 3 aromatic rings. The molecule has 110 valence electrons. The Balaban J connectivity index is 1.69. The van der Waals surface area contributed by atoms with E-state index in [-0.39, 0.29) is 11.7 Å². The van der Waals surface area contributed by atoms with E-state index >= 15 is 0 Å². The second kappa shape index (κ2) is 4.98. The Labute approximate surface area is 127 Å². The average Bonchev–Trinajstić information content (AvgIpc) is 3.28. The smallest absolute Gasteiger partial charge is 0.141 e. The van der Waals surface area contributed by atoms with Crippen LogP contribution in [-0.4, -0.2) is 30.7 Å². The zero-order valence-corrected chi connectivity index (χ0v) is 12.2. The van der Waals surface area contributed by atoms with E-state index < -0.39 is 0 Å². The lowest BCUT2D eigenvalue weighted by Crippen LogP contribution is -2.06. The predicted molar refractivity (Wildman–Crippen MR) is 81.0 cm³/mol. The summed E-state index contributed by atoms with van der Waals surface area (Å²) in [5, 5.41) is 8.96. The van der Waals surface area contributed by atoms with Crippen LogP contribution in [0.2, 0.25) is 0 Å². The number of rotatable bonds is 4. The van der Waals surface area contributed by atoms with Crippen LogP contribution in [0.3, 0.4) is 0 Å². The zero-order valence-electron chi connectivity index (χ0n) is 12.2. The minimum atomic E-state index is 0.261. The summed E-state index contributed by atoms with van der Waals surface area (Å²) in [4.78, 5) is 20.9. The fourth-order valence-corrected chi connectivity index (χ4v) is 2.49. The van der Waals surface area contributed by atoms with Crippen LogP contribution in [0.25, 0.3) is 22.3 Å². The van der Waals surface area contributed by atoms with E-state index in [9.17, 15) is 4.79 Å². The predicted octanol–water partition coefficient (Wildman–Crippen LogP) is 1.95. The highest BCUT2D eigenvalue weighted by Crippen LogP contribution is 2.31.